The van der Waals surface area contributed by atoms with Crippen LogP contribution in [0.2, 0.25) is 5.02 Å². The summed E-state index contributed by atoms with van der Waals surface area (Å²) in [5, 5.41) is 0.604. The van der Waals surface area contributed by atoms with Gasteiger partial charge >= 0.3 is 0 Å². The lowest BCUT2D eigenvalue weighted by atomic mass is 10.1. The van der Waals surface area contributed by atoms with Gasteiger partial charge in [-0.25, -0.2) is 0 Å². The third-order valence-corrected chi connectivity index (χ3v) is 4.75. The van der Waals surface area contributed by atoms with Crippen molar-refractivity contribution in [2.75, 3.05) is 32.8 Å². The molecule has 0 atom stereocenters. The second-order valence-electron chi connectivity index (χ2n) is 6.47. The molecule has 0 spiro atoms. The molecule has 5 nitrogen and oxygen atoms in total. The van der Waals surface area contributed by atoms with Crippen LogP contribution in [0.15, 0.2) is 48.5 Å². The van der Waals surface area contributed by atoms with Gasteiger partial charge in [0.15, 0.2) is 0 Å². The van der Waals surface area contributed by atoms with Gasteiger partial charge in [-0.1, -0.05) is 24.6 Å². The van der Waals surface area contributed by atoms with E-state index in [0.717, 1.165) is 6.42 Å². The van der Waals surface area contributed by atoms with Crippen molar-refractivity contribution in [3.8, 4) is 5.75 Å². The van der Waals surface area contributed by atoms with E-state index in [2.05, 4.69) is 0 Å². The number of nitrogens with zero attached hydrogens (tertiary/aromatic N) is 2. The first-order valence-corrected chi connectivity index (χ1v) is 9.53. The monoisotopic (exact) mass is 386 g/mol. The fourth-order valence-corrected chi connectivity index (χ4v) is 3.14. The van der Waals surface area contributed by atoms with Crippen molar-refractivity contribution in [3.05, 3.63) is 64.7 Å². The van der Waals surface area contributed by atoms with Crippen LogP contribution in [0.3, 0.4) is 0 Å². The molecule has 1 fully saturated rings. The Balaban J connectivity index is 1.59. The summed E-state index contributed by atoms with van der Waals surface area (Å²) in [7, 11) is 0. The Labute approximate surface area is 164 Å². The summed E-state index contributed by atoms with van der Waals surface area (Å²) in [4.78, 5) is 28.9. The summed E-state index contributed by atoms with van der Waals surface area (Å²) >= 11 is 5.88. The van der Waals surface area contributed by atoms with Crippen LogP contribution in [0, 0.1) is 0 Å². The fourth-order valence-electron chi connectivity index (χ4n) is 3.01. The zero-order valence-corrected chi connectivity index (χ0v) is 16.1. The van der Waals surface area contributed by atoms with Crippen LogP contribution in [0.1, 0.15) is 34.1 Å². The quantitative estimate of drug-likeness (QED) is 0.786. The molecular weight excluding hydrogens is 364 g/mol. The molecule has 0 aliphatic carbocycles. The van der Waals surface area contributed by atoms with Crippen LogP contribution in [-0.2, 0) is 0 Å². The average Bonchev–Trinajstić information content (AvgIpc) is 2.72. The second kappa shape index (κ2) is 8.91. The largest absolute Gasteiger partial charge is 0.494 e. The number of ether oxygens (including phenoxy) is 1. The van der Waals surface area contributed by atoms with E-state index in [-0.39, 0.29) is 11.8 Å². The molecule has 0 unspecified atom stereocenters. The Morgan fingerprint density at radius 1 is 0.926 bits per heavy atom. The molecule has 2 amide bonds. The summed E-state index contributed by atoms with van der Waals surface area (Å²) in [5.74, 6) is 0.642. The lowest BCUT2D eigenvalue weighted by Gasteiger charge is -2.35. The smallest absolute Gasteiger partial charge is 0.254 e. The number of halogens is 1. The highest BCUT2D eigenvalue weighted by atomic mass is 35.5. The van der Waals surface area contributed by atoms with Crippen molar-refractivity contribution in [1.29, 1.82) is 0 Å². The zero-order valence-electron chi connectivity index (χ0n) is 15.4. The van der Waals surface area contributed by atoms with Crippen LogP contribution < -0.4 is 4.74 Å². The van der Waals surface area contributed by atoms with Crippen molar-refractivity contribution >= 4 is 23.4 Å². The number of piperazine rings is 1. The number of benzene rings is 2. The Kier molecular flexibility index (Phi) is 6.35. The van der Waals surface area contributed by atoms with Gasteiger partial charge < -0.3 is 14.5 Å². The first kappa shape index (κ1) is 19.2. The van der Waals surface area contributed by atoms with Crippen LogP contribution in [-0.4, -0.2) is 54.4 Å². The molecule has 0 bridgehead atoms. The van der Waals surface area contributed by atoms with Crippen molar-refractivity contribution in [2.24, 2.45) is 0 Å². The maximum atomic E-state index is 12.8. The van der Waals surface area contributed by atoms with Crippen LogP contribution in [0.25, 0.3) is 0 Å². The molecule has 1 aliphatic heterocycles. The van der Waals surface area contributed by atoms with Crippen LogP contribution in [0.4, 0.5) is 0 Å². The number of hydrogen-bond donors (Lipinski definition) is 0. The minimum atomic E-state index is -0.0336. The Hall–Kier alpha value is -2.53. The van der Waals surface area contributed by atoms with E-state index < -0.39 is 0 Å². The summed E-state index contributed by atoms with van der Waals surface area (Å²) in [6.07, 6.45) is 0.918. The van der Waals surface area contributed by atoms with Gasteiger partial charge in [0.25, 0.3) is 11.8 Å². The molecule has 0 aromatic heterocycles. The topological polar surface area (TPSA) is 49.9 Å². The van der Waals surface area contributed by atoms with Crippen LogP contribution >= 0.6 is 11.6 Å². The second-order valence-corrected chi connectivity index (χ2v) is 6.90. The Morgan fingerprint density at radius 2 is 1.52 bits per heavy atom. The molecular formula is C21H23ClN2O3. The molecule has 0 N–H and O–H groups in total. The van der Waals surface area contributed by atoms with Gasteiger partial charge in [0, 0.05) is 42.3 Å². The van der Waals surface area contributed by atoms with E-state index in [4.69, 9.17) is 16.3 Å². The highest BCUT2D eigenvalue weighted by Crippen LogP contribution is 2.17. The van der Waals surface area contributed by atoms with E-state index in [0.29, 0.717) is 54.7 Å². The van der Waals surface area contributed by atoms with Gasteiger partial charge in [0.2, 0.25) is 0 Å². The number of rotatable bonds is 5. The minimum absolute atomic E-state index is 0.0319. The van der Waals surface area contributed by atoms with E-state index in [1.807, 2.05) is 19.1 Å². The third kappa shape index (κ3) is 4.80. The van der Waals surface area contributed by atoms with E-state index in [1.165, 1.54) is 0 Å². The molecule has 6 heteroatoms. The first-order chi connectivity index (χ1) is 13.1. The number of amides is 2. The maximum absolute atomic E-state index is 12.8. The predicted molar refractivity (Wildman–Crippen MR) is 105 cm³/mol. The number of carbonyl (C=O) groups excluding carboxylic acids is 2. The van der Waals surface area contributed by atoms with Gasteiger partial charge in [0.1, 0.15) is 5.75 Å². The molecule has 1 aliphatic rings. The molecule has 2 aromatic carbocycles. The molecule has 3 rings (SSSR count). The van der Waals surface area contributed by atoms with Gasteiger partial charge in [-0.05, 0) is 48.9 Å². The molecule has 1 heterocycles. The number of carbonyl (C=O) groups is 2. The van der Waals surface area contributed by atoms with Crippen molar-refractivity contribution in [2.45, 2.75) is 13.3 Å². The highest BCUT2D eigenvalue weighted by molar-refractivity contribution is 6.30. The lowest BCUT2D eigenvalue weighted by molar-refractivity contribution is 0.0535. The molecule has 0 radical (unpaired) electrons. The fraction of sp³-hybridized carbons (Fsp3) is 0.333. The summed E-state index contributed by atoms with van der Waals surface area (Å²) in [6.45, 7) is 4.72. The van der Waals surface area contributed by atoms with E-state index in [1.54, 1.807) is 46.2 Å². The van der Waals surface area contributed by atoms with Crippen molar-refractivity contribution in [1.82, 2.24) is 9.80 Å². The zero-order chi connectivity index (χ0) is 19.2. The molecule has 142 valence electrons. The Bertz CT molecular complexity index is 799. The summed E-state index contributed by atoms with van der Waals surface area (Å²) in [6, 6.07) is 14.1. The molecule has 27 heavy (non-hydrogen) atoms. The first-order valence-electron chi connectivity index (χ1n) is 9.15. The Morgan fingerprint density at radius 3 is 2.11 bits per heavy atom. The summed E-state index contributed by atoms with van der Waals surface area (Å²) in [5.41, 5.74) is 1.22. The van der Waals surface area contributed by atoms with Gasteiger partial charge in [0.05, 0.1) is 6.61 Å². The molecule has 2 aromatic rings. The van der Waals surface area contributed by atoms with E-state index >= 15 is 0 Å². The standard InChI is InChI=1S/C21H23ClN2O3/c1-2-14-27-19-5-3-4-17(15-19)21(26)24-12-10-23(11-13-24)20(25)16-6-8-18(22)9-7-16/h3-9,15H,2,10-14H2,1H3. The number of hydrogen-bond acceptors (Lipinski definition) is 3. The van der Waals surface area contributed by atoms with E-state index in [9.17, 15) is 9.59 Å². The minimum Gasteiger partial charge on any atom is -0.494 e. The SMILES string of the molecule is CCCOc1cccc(C(=O)N2CCN(C(=O)c3ccc(Cl)cc3)CC2)c1. The van der Waals surface area contributed by atoms with Gasteiger partial charge in [-0.3, -0.25) is 9.59 Å². The lowest BCUT2D eigenvalue weighted by Crippen LogP contribution is -2.50. The third-order valence-electron chi connectivity index (χ3n) is 4.50. The molecule has 0 saturated carbocycles. The molecule has 1 saturated heterocycles. The predicted octanol–water partition coefficient (Wildman–Crippen LogP) is 3.73. The summed E-state index contributed by atoms with van der Waals surface area (Å²) < 4.78 is 5.61. The average molecular weight is 387 g/mol. The van der Waals surface area contributed by atoms with Gasteiger partial charge in [-0.15, -0.1) is 0 Å². The van der Waals surface area contributed by atoms with Gasteiger partial charge in [-0.2, -0.15) is 0 Å². The van der Waals surface area contributed by atoms with Crippen molar-refractivity contribution in [3.63, 3.8) is 0 Å². The maximum Gasteiger partial charge on any atom is 0.254 e. The normalized spacial score (nSPS) is 14.1. The van der Waals surface area contributed by atoms with Crippen molar-refractivity contribution < 1.29 is 14.3 Å². The highest BCUT2D eigenvalue weighted by Gasteiger charge is 2.25. The van der Waals surface area contributed by atoms with Crippen LogP contribution in [0.5, 0.6) is 5.75 Å².